The van der Waals surface area contributed by atoms with Crippen LogP contribution in [-0.2, 0) is 10.0 Å². The Morgan fingerprint density at radius 2 is 2.07 bits per heavy atom. The SMILES string of the molecule is CCCS(=O)(=O)NCC1(CCBr)CC1. The van der Waals surface area contributed by atoms with E-state index in [0.29, 0.717) is 13.0 Å². The second-order valence-corrected chi connectivity index (χ2v) is 6.80. The lowest BCUT2D eigenvalue weighted by molar-refractivity contribution is 0.480. The van der Waals surface area contributed by atoms with Crippen LogP contribution < -0.4 is 4.72 Å². The first kappa shape index (κ1) is 12.5. The first-order chi connectivity index (χ1) is 6.54. The zero-order valence-corrected chi connectivity index (χ0v) is 11.0. The van der Waals surface area contributed by atoms with Gasteiger partial charge in [-0.15, -0.1) is 0 Å². The fraction of sp³-hybridized carbons (Fsp3) is 1.00. The lowest BCUT2D eigenvalue weighted by Gasteiger charge is -2.14. The molecule has 0 spiro atoms. The summed E-state index contributed by atoms with van der Waals surface area (Å²) < 4.78 is 25.5. The van der Waals surface area contributed by atoms with E-state index < -0.39 is 10.0 Å². The topological polar surface area (TPSA) is 46.2 Å². The molecule has 5 heteroatoms. The Bertz CT molecular complexity index is 273. The van der Waals surface area contributed by atoms with E-state index in [4.69, 9.17) is 0 Å². The average Bonchev–Trinajstić information content (AvgIpc) is 2.83. The molecule has 0 bridgehead atoms. The molecule has 1 aliphatic carbocycles. The minimum absolute atomic E-state index is 0.247. The van der Waals surface area contributed by atoms with Gasteiger partial charge in [0.2, 0.25) is 10.0 Å². The Balaban J connectivity index is 2.33. The number of rotatable bonds is 7. The van der Waals surface area contributed by atoms with Gasteiger partial charge in [-0.1, -0.05) is 22.9 Å². The van der Waals surface area contributed by atoms with Crippen molar-refractivity contribution in [3.63, 3.8) is 0 Å². The number of alkyl halides is 1. The summed E-state index contributed by atoms with van der Waals surface area (Å²) >= 11 is 3.40. The lowest BCUT2D eigenvalue weighted by atomic mass is 10.1. The van der Waals surface area contributed by atoms with Crippen molar-refractivity contribution < 1.29 is 8.42 Å². The van der Waals surface area contributed by atoms with Crippen LogP contribution in [0.4, 0.5) is 0 Å². The number of hydrogen-bond acceptors (Lipinski definition) is 2. The molecule has 0 unspecified atom stereocenters. The van der Waals surface area contributed by atoms with Gasteiger partial charge < -0.3 is 0 Å². The molecule has 0 atom stereocenters. The first-order valence-corrected chi connectivity index (χ1v) is 7.84. The summed E-state index contributed by atoms with van der Waals surface area (Å²) in [5, 5.41) is 0.961. The summed E-state index contributed by atoms with van der Waals surface area (Å²) in [7, 11) is -3.01. The Hall–Kier alpha value is 0.390. The van der Waals surface area contributed by atoms with Crippen molar-refractivity contribution in [2.24, 2.45) is 5.41 Å². The van der Waals surface area contributed by atoms with Gasteiger partial charge in [0.1, 0.15) is 0 Å². The van der Waals surface area contributed by atoms with Crippen LogP contribution in [0.3, 0.4) is 0 Å². The molecule has 14 heavy (non-hydrogen) atoms. The molecule has 3 nitrogen and oxygen atoms in total. The highest BCUT2D eigenvalue weighted by atomic mass is 79.9. The molecule has 0 aromatic rings. The highest BCUT2D eigenvalue weighted by Gasteiger charge is 2.42. The Morgan fingerprint density at radius 1 is 1.43 bits per heavy atom. The Morgan fingerprint density at radius 3 is 2.50 bits per heavy atom. The Labute approximate surface area is 94.8 Å². The third-order valence-electron chi connectivity index (χ3n) is 2.72. The summed E-state index contributed by atoms with van der Waals surface area (Å²) in [5.74, 6) is 0.247. The predicted octanol–water partition coefficient (Wildman–Crippen LogP) is 1.88. The van der Waals surface area contributed by atoms with Gasteiger partial charge in [0.05, 0.1) is 5.75 Å². The fourth-order valence-corrected chi connectivity index (χ4v) is 3.55. The van der Waals surface area contributed by atoms with Crippen LogP contribution in [0.25, 0.3) is 0 Å². The predicted molar refractivity (Wildman–Crippen MR) is 62.2 cm³/mol. The van der Waals surface area contributed by atoms with E-state index in [0.717, 1.165) is 24.6 Å². The first-order valence-electron chi connectivity index (χ1n) is 5.07. The fourth-order valence-electron chi connectivity index (χ4n) is 1.50. The molecule has 1 aliphatic rings. The summed E-state index contributed by atoms with van der Waals surface area (Å²) in [4.78, 5) is 0. The smallest absolute Gasteiger partial charge is 0.211 e. The van der Waals surface area contributed by atoms with E-state index in [9.17, 15) is 8.42 Å². The molecule has 0 amide bonds. The number of hydrogen-bond donors (Lipinski definition) is 1. The number of sulfonamides is 1. The average molecular weight is 284 g/mol. The maximum atomic E-state index is 11.4. The molecule has 1 saturated carbocycles. The van der Waals surface area contributed by atoms with Crippen molar-refractivity contribution in [1.29, 1.82) is 0 Å². The molecular formula is C9H18BrNO2S. The van der Waals surface area contributed by atoms with Gasteiger partial charge in [0.25, 0.3) is 0 Å². The second kappa shape index (κ2) is 4.94. The molecule has 0 aliphatic heterocycles. The van der Waals surface area contributed by atoms with Crippen LogP contribution in [0.5, 0.6) is 0 Å². The summed E-state index contributed by atoms with van der Waals surface area (Å²) in [6.07, 6.45) is 4.07. The highest BCUT2D eigenvalue weighted by Crippen LogP contribution is 2.48. The van der Waals surface area contributed by atoms with E-state index in [2.05, 4.69) is 20.7 Å². The molecule has 0 radical (unpaired) electrons. The molecule has 0 aromatic heterocycles. The zero-order valence-electron chi connectivity index (χ0n) is 8.55. The molecule has 1 rings (SSSR count). The van der Waals surface area contributed by atoms with Gasteiger partial charge >= 0.3 is 0 Å². The quantitative estimate of drug-likeness (QED) is 0.726. The summed E-state index contributed by atoms with van der Waals surface area (Å²) in [5.41, 5.74) is 0.268. The maximum absolute atomic E-state index is 11.4. The van der Waals surface area contributed by atoms with Crippen molar-refractivity contribution in [3.8, 4) is 0 Å². The highest BCUT2D eigenvalue weighted by molar-refractivity contribution is 9.09. The summed E-state index contributed by atoms with van der Waals surface area (Å²) in [6.45, 7) is 2.51. The number of halogens is 1. The van der Waals surface area contributed by atoms with Gasteiger partial charge in [-0.25, -0.2) is 13.1 Å². The van der Waals surface area contributed by atoms with Crippen LogP contribution in [0, 0.1) is 5.41 Å². The van der Waals surface area contributed by atoms with E-state index >= 15 is 0 Å². The third-order valence-corrected chi connectivity index (χ3v) is 4.65. The van der Waals surface area contributed by atoms with E-state index in [1.165, 1.54) is 0 Å². The zero-order chi connectivity index (χ0) is 10.7. The van der Waals surface area contributed by atoms with Gasteiger partial charge in [0, 0.05) is 11.9 Å². The molecule has 0 saturated heterocycles. The molecule has 84 valence electrons. The molecule has 0 aromatic carbocycles. The van der Waals surface area contributed by atoms with Crippen LogP contribution in [0.15, 0.2) is 0 Å². The third kappa shape index (κ3) is 3.87. The normalized spacial score (nSPS) is 19.6. The van der Waals surface area contributed by atoms with Crippen LogP contribution in [0.2, 0.25) is 0 Å². The molecule has 1 N–H and O–H groups in total. The van der Waals surface area contributed by atoms with Gasteiger partial charge in [-0.05, 0) is 31.1 Å². The standard InChI is InChI=1S/C9H18BrNO2S/c1-2-7-14(12,13)11-8-9(3-4-9)5-6-10/h11H,2-8H2,1H3. The maximum Gasteiger partial charge on any atom is 0.211 e. The van der Waals surface area contributed by atoms with E-state index in [1.807, 2.05) is 6.92 Å². The molecular weight excluding hydrogens is 266 g/mol. The summed E-state index contributed by atoms with van der Waals surface area (Å²) in [6, 6.07) is 0. The van der Waals surface area contributed by atoms with Crippen molar-refractivity contribution in [3.05, 3.63) is 0 Å². The lowest BCUT2D eigenvalue weighted by Crippen LogP contribution is -2.32. The number of nitrogens with one attached hydrogen (secondary N) is 1. The van der Waals surface area contributed by atoms with Crippen molar-refractivity contribution in [2.75, 3.05) is 17.6 Å². The van der Waals surface area contributed by atoms with Crippen LogP contribution in [-0.4, -0.2) is 26.0 Å². The van der Waals surface area contributed by atoms with Gasteiger partial charge in [-0.3, -0.25) is 0 Å². The van der Waals surface area contributed by atoms with Crippen LogP contribution in [0.1, 0.15) is 32.6 Å². The van der Waals surface area contributed by atoms with E-state index in [-0.39, 0.29) is 11.2 Å². The monoisotopic (exact) mass is 283 g/mol. The van der Waals surface area contributed by atoms with Gasteiger partial charge in [-0.2, -0.15) is 0 Å². The van der Waals surface area contributed by atoms with Crippen molar-refractivity contribution in [2.45, 2.75) is 32.6 Å². The van der Waals surface area contributed by atoms with Crippen molar-refractivity contribution in [1.82, 2.24) is 4.72 Å². The molecule has 1 fully saturated rings. The van der Waals surface area contributed by atoms with Crippen LogP contribution >= 0.6 is 15.9 Å². The minimum atomic E-state index is -3.01. The largest absolute Gasteiger partial charge is 0.215 e. The second-order valence-electron chi connectivity index (χ2n) is 4.08. The molecule has 0 heterocycles. The van der Waals surface area contributed by atoms with E-state index in [1.54, 1.807) is 0 Å². The van der Waals surface area contributed by atoms with Crippen molar-refractivity contribution >= 4 is 26.0 Å². The Kier molecular flexibility index (Phi) is 4.40. The minimum Gasteiger partial charge on any atom is -0.215 e. The van der Waals surface area contributed by atoms with Gasteiger partial charge in [0.15, 0.2) is 0 Å².